The fourth-order valence-electron chi connectivity index (χ4n) is 3.65. The number of amides is 3. The van der Waals surface area contributed by atoms with Crippen molar-refractivity contribution in [3.05, 3.63) is 11.6 Å². The van der Waals surface area contributed by atoms with Crippen molar-refractivity contribution in [1.82, 2.24) is 15.2 Å². The van der Waals surface area contributed by atoms with Gasteiger partial charge in [0.05, 0.1) is 12.6 Å². The quantitative estimate of drug-likeness (QED) is 0.650. The van der Waals surface area contributed by atoms with Gasteiger partial charge in [-0.3, -0.25) is 14.4 Å². The van der Waals surface area contributed by atoms with E-state index in [4.69, 9.17) is 4.74 Å². The summed E-state index contributed by atoms with van der Waals surface area (Å²) in [4.78, 5) is 42.7. The molecule has 0 spiro atoms. The Hall–Kier alpha value is -2.00. The van der Waals surface area contributed by atoms with Gasteiger partial charge in [-0.1, -0.05) is 12.8 Å². The van der Waals surface area contributed by atoms with Crippen LogP contribution in [0.4, 0.5) is 5.13 Å². The topological polar surface area (TPSA) is 101 Å². The number of anilines is 1. The van der Waals surface area contributed by atoms with Crippen LogP contribution >= 0.6 is 11.3 Å². The number of thiazole rings is 1. The van der Waals surface area contributed by atoms with Gasteiger partial charge in [0, 0.05) is 43.6 Å². The number of carbonyl (C=O) groups excluding carboxylic acids is 3. The Morgan fingerprint density at radius 3 is 2.64 bits per heavy atom. The highest BCUT2D eigenvalue weighted by molar-refractivity contribution is 7.13. The SMILES string of the molecule is O=C(CCC(=O)N(CC(=O)NC1CCCC1)CC1CCCO1)Nc1nccs1. The van der Waals surface area contributed by atoms with Crippen LogP contribution in [0.1, 0.15) is 51.4 Å². The molecule has 1 aliphatic carbocycles. The van der Waals surface area contributed by atoms with Gasteiger partial charge in [0.2, 0.25) is 17.7 Å². The second-order valence-corrected chi connectivity index (χ2v) is 8.24. The Labute approximate surface area is 169 Å². The van der Waals surface area contributed by atoms with Crippen molar-refractivity contribution < 1.29 is 19.1 Å². The molecule has 28 heavy (non-hydrogen) atoms. The lowest BCUT2D eigenvalue weighted by Crippen LogP contribution is -2.46. The van der Waals surface area contributed by atoms with Gasteiger partial charge in [0.15, 0.2) is 5.13 Å². The molecule has 1 unspecified atom stereocenters. The van der Waals surface area contributed by atoms with E-state index in [1.807, 2.05) is 0 Å². The summed E-state index contributed by atoms with van der Waals surface area (Å²) in [5.41, 5.74) is 0. The van der Waals surface area contributed by atoms with Gasteiger partial charge < -0.3 is 20.3 Å². The molecule has 3 rings (SSSR count). The minimum absolute atomic E-state index is 0.0172. The van der Waals surface area contributed by atoms with Crippen LogP contribution < -0.4 is 10.6 Å². The summed E-state index contributed by atoms with van der Waals surface area (Å²) in [7, 11) is 0. The lowest BCUT2D eigenvalue weighted by molar-refractivity contribution is -0.138. The lowest BCUT2D eigenvalue weighted by Gasteiger charge is -2.25. The Morgan fingerprint density at radius 1 is 1.14 bits per heavy atom. The molecule has 2 heterocycles. The Kier molecular flexibility index (Phi) is 7.79. The van der Waals surface area contributed by atoms with Gasteiger partial charge in [-0.05, 0) is 25.7 Å². The van der Waals surface area contributed by atoms with Crippen LogP contribution in [-0.2, 0) is 19.1 Å². The van der Waals surface area contributed by atoms with Gasteiger partial charge in [-0.2, -0.15) is 0 Å². The number of hydrogen-bond acceptors (Lipinski definition) is 6. The van der Waals surface area contributed by atoms with E-state index in [9.17, 15) is 14.4 Å². The highest BCUT2D eigenvalue weighted by Crippen LogP contribution is 2.18. The van der Waals surface area contributed by atoms with Crippen LogP contribution in [-0.4, -0.2) is 59.4 Å². The maximum Gasteiger partial charge on any atom is 0.239 e. The van der Waals surface area contributed by atoms with Crippen molar-refractivity contribution in [2.75, 3.05) is 25.0 Å². The molecule has 1 atom stereocenters. The molecule has 1 aromatic rings. The first kappa shape index (κ1) is 20.7. The van der Waals surface area contributed by atoms with Gasteiger partial charge in [0.25, 0.3) is 0 Å². The van der Waals surface area contributed by atoms with Crippen molar-refractivity contribution in [3.8, 4) is 0 Å². The molecule has 8 nitrogen and oxygen atoms in total. The fourth-order valence-corrected chi connectivity index (χ4v) is 4.20. The van der Waals surface area contributed by atoms with Crippen molar-refractivity contribution in [1.29, 1.82) is 0 Å². The van der Waals surface area contributed by atoms with E-state index in [0.29, 0.717) is 18.3 Å². The fraction of sp³-hybridized carbons (Fsp3) is 0.684. The number of hydrogen-bond donors (Lipinski definition) is 2. The van der Waals surface area contributed by atoms with Crippen molar-refractivity contribution in [2.24, 2.45) is 0 Å². The highest BCUT2D eigenvalue weighted by Gasteiger charge is 2.26. The zero-order chi connectivity index (χ0) is 19.8. The highest BCUT2D eigenvalue weighted by atomic mass is 32.1. The monoisotopic (exact) mass is 408 g/mol. The maximum atomic E-state index is 12.7. The minimum atomic E-state index is -0.254. The number of nitrogens with one attached hydrogen (secondary N) is 2. The predicted octanol–water partition coefficient (Wildman–Crippen LogP) is 1.93. The summed E-state index contributed by atoms with van der Waals surface area (Å²) >= 11 is 1.33. The first-order valence-electron chi connectivity index (χ1n) is 9.98. The third-order valence-electron chi connectivity index (χ3n) is 5.10. The van der Waals surface area contributed by atoms with Crippen LogP contribution in [0.25, 0.3) is 0 Å². The molecule has 1 aromatic heterocycles. The molecule has 0 bridgehead atoms. The van der Waals surface area contributed by atoms with E-state index in [2.05, 4.69) is 15.6 Å². The molecule has 9 heteroatoms. The predicted molar refractivity (Wildman–Crippen MR) is 106 cm³/mol. The molecule has 0 radical (unpaired) electrons. The lowest BCUT2D eigenvalue weighted by atomic mass is 10.2. The van der Waals surface area contributed by atoms with E-state index in [1.54, 1.807) is 11.6 Å². The molecule has 154 valence electrons. The summed E-state index contributed by atoms with van der Waals surface area (Å²) in [6.45, 7) is 1.10. The minimum Gasteiger partial charge on any atom is -0.376 e. The van der Waals surface area contributed by atoms with E-state index < -0.39 is 0 Å². The third kappa shape index (κ3) is 6.56. The zero-order valence-electron chi connectivity index (χ0n) is 16.0. The molecule has 1 saturated heterocycles. The van der Waals surface area contributed by atoms with E-state index >= 15 is 0 Å². The second-order valence-electron chi connectivity index (χ2n) is 7.34. The summed E-state index contributed by atoms with van der Waals surface area (Å²) in [5.74, 6) is -0.590. The Bertz CT molecular complexity index is 655. The Balaban J connectivity index is 1.49. The second kappa shape index (κ2) is 10.5. The largest absolute Gasteiger partial charge is 0.376 e. The first-order chi connectivity index (χ1) is 13.6. The van der Waals surface area contributed by atoms with E-state index in [0.717, 1.165) is 38.5 Å². The third-order valence-corrected chi connectivity index (χ3v) is 5.79. The van der Waals surface area contributed by atoms with Crippen LogP contribution in [0.3, 0.4) is 0 Å². The van der Waals surface area contributed by atoms with Crippen molar-refractivity contribution in [2.45, 2.75) is 63.5 Å². The molecule has 2 fully saturated rings. The van der Waals surface area contributed by atoms with E-state index in [1.165, 1.54) is 16.2 Å². The molecule has 1 aliphatic heterocycles. The number of nitrogens with zero attached hydrogens (tertiary/aromatic N) is 2. The van der Waals surface area contributed by atoms with Crippen LogP contribution in [0.5, 0.6) is 0 Å². The molecule has 1 saturated carbocycles. The van der Waals surface area contributed by atoms with Crippen LogP contribution in [0, 0.1) is 0 Å². The van der Waals surface area contributed by atoms with E-state index in [-0.39, 0.29) is 49.3 Å². The standard InChI is InChI=1S/C19H28N4O4S/c24-16(22-19-20-9-11-28-19)7-8-18(26)23(12-15-6-3-10-27-15)13-17(25)21-14-4-1-2-5-14/h9,11,14-15H,1-8,10,12-13H2,(H,21,25)(H,20,22,24). The summed E-state index contributed by atoms with van der Waals surface area (Å²) in [6, 6.07) is 0.219. The average molecular weight is 409 g/mol. The van der Waals surface area contributed by atoms with Crippen LogP contribution in [0.15, 0.2) is 11.6 Å². The number of carbonyl (C=O) groups is 3. The average Bonchev–Trinajstić information content (AvgIpc) is 3.43. The molecular weight excluding hydrogens is 380 g/mol. The number of ether oxygens (including phenoxy) is 1. The molecular formula is C19H28N4O4S. The normalized spacial score (nSPS) is 19.5. The molecule has 0 aromatic carbocycles. The van der Waals surface area contributed by atoms with Gasteiger partial charge in [0.1, 0.15) is 0 Å². The molecule has 3 amide bonds. The van der Waals surface area contributed by atoms with Gasteiger partial charge in [-0.25, -0.2) is 4.98 Å². The van der Waals surface area contributed by atoms with Crippen LogP contribution in [0.2, 0.25) is 0 Å². The van der Waals surface area contributed by atoms with Crippen molar-refractivity contribution in [3.63, 3.8) is 0 Å². The summed E-state index contributed by atoms with van der Waals surface area (Å²) in [5, 5.41) is 7.99. The smallest absolute Gasteiger partial charge is 0.239 e. The summed E-state index contributed by atoms with van der Waals surface area (Å²) in [6.07, 6.45) is 7.83. The maximum absolute atomic E-state index is 12.7. The van der Waals surface area contributed by atoms with Gasteiger partial charge in [-0.15, -0.1) is 11.3 Å². The first-order valence-corrected chi connectivity index (χ1v) is 10.9. The number of aromatic nitrogens is 1. The van der Waals surface area contributed by atoms with Gasteiger partial charge >= 0.3 is 0 Å². The van der Waals surface area contributed by atoms with Crippen molar-refractivity contribution >= 4 is 34.2 Å². The number of rotatable bonds is 9. The molecule has 2 N–H and O–H groups in total. The zero-order valence-corrected chi connectivity index (χ0v) is 16.8. The Morgan fingerprint density at radius 2 is 1.96 bits per heavy atom. The summed E-state index contributed by atoms with van der Waals surface area (Å²) < 4.78 is 5.63. The molecule has 2 aliphatic rings.